The third-order valence-corrected chi connectivity index (χ3v) is 6.34. The molecule has 2 atom stereocenters. The molecule has 23 heavy (non-hydrogen) atoms. The van der Waals surface area contributed by atoms with E-state index in [1.165, 1.54) is 34.2 Å². The van der Waals surface area contributed by atoms with Gasteiger partial charge in [-0.05, 0) is 46.3 Å². The van der Waals surface area contributed by atoms with Crippen molar-refractivity contribution < 1.29 is 0 Å². The standard InChI is InChI=1S/C21H25N2/c1-6-21(4)11-10-15-18(19(21)22-5)13-12-23-16-9-7-8-14(17(13)16)20(15,2)3/h6-9,12,15,22H,1,10-11H2,2-5H3/q-1/t15-,21-/m0/s1. The average molecular weight is 305 g/mol. The molecule has 0 saturated heterocycles. The first-order chi connectivity index (χ1) is 10.9. The van der Waals surface area contributed by atoms with Gasteiger partial charge in [0.1, 0.15) is 0 Å². The Morgan fingerprint density at radius 2 is 2.09 bits per heavy atom. The van der Waals surface area contributed by atoms with Gasteiger partial charge in [0.05, 0.1) is 0 Å². The fourth-order valence-corrected chi connectivity index (χ4v) is 4.92. The van der Waals surface area contributed by atoms with E-state index in [-0.39, 0.29) is 10.8 Å². The van der Waals surface area contributed by atoms with Crippen LogP contribution in [0.15, 0.2) is 42.7 Å². The van der Waals surface area contributed by atoms with E-state index in [1.54, 1.807) is 0 Å². The minimum absolute atomic E-state index is 0.0204. The van der Waals surface area contributed by atoms with Gasteiger partial charge in [0.15, 0.2) is 0 Å². The molecule has 0 spiro atoms. The molecule has 2 aliphatic carbocycles. The Kier molecular flexibility index (Phi) is 2.88. The normalized spacial score (nSPS) is 28.6. The van der Waals surface area contributed by atoms with Gasteiger partial charge in [-0.3, -0.25) is 0 Å². The second kappa shape index (κ2) is 4.53. The highest BCUT2D eigenvalue weighted by Crippen LogP contribution is 2.57. The molecule has 1 heterocycles. The van der Waals surface area contributed by atoms with E-state index in [4.69, 9.17) is 4.98 Å². The van der Waals surface area contributed by atoms with Crippen LogP contribution < -0.4 is 10.3 Å². The van der Waals surface area contributed by atoms with E-state index < -0.39 is 0 Å². The Balaban J connectivity index is 2.14. The third-order valence-electron chi connectivity index (χ3n) is 6.34. The van der Waals surface area contributed by atoms with Crippen LogP contribution in [0.5, 0.6) is 0 Å². The highest BCUT2D eigenvalue weighted by Gasteiger charge is 2.46. The molecular weight excluding hydrogens is 280 g/mol. The summed E-state index contributed by atoms with van der Waals surface area (Å²) in [5, 5.41) is 4.88. The fourth-order valence-electron chi connectivity index (χ4n) is 4.92. The van der Waals surface area contributed by atoms with Gasteiger partial charge in [-0.25, -0.2) is 0 Å². The first kappa shape index (κ1) is 14.6. The zero-order valence-corrected chi connectivity index (χ0v) is 14.5. The molecule has 2 aromatic rings. The molecule has 0 fully saturated rings. The fraction of sp³-hybridized carbons (Fsp3) is 0.429. The van der Waals surface area contributed by atoms with E-state index >= 15 is 0 Å². The summed E-state index contributed by atoms with van der Waals surface area (Å²) in [4.78, 5) is 4.70. The summed E-state index contributed by atoms with van der Waals surface area (Å²) in [6.07, 6.45) is 6.53. The molecule has 2 nitrogen and oxygen atoms in total. The molecule has 2 heteroatoms. The molecule has 0 amide bonds. The number of aromatic nitrogens is 1. The number of hydrogen-bond acceptors (Lipinski definition) is 1. The second-order valence-electron chi connectivity index (χ2n) is 7.84. The quantitative estimate of drug-likeness (QED) is 0.819. The van der Waals surface area contributed by atoms with Gasteiger partial charge in [-0.2, -0.15) is 6.20 Å². The smallest absolute Gasteiger partial charge is 0.0252 e. The van der Waals surface area contributed by atoms with Gasteiger partial charge in [-0.1, -0.05) is 45.0 Å². The van der Waals surface area contributed by atoms with Crippen LogP contribution in [0.25, 0.3) is 16.5 Å². The lowest BCUT2D eigenvalue weighted by molar-refractivity contribution is 0.291. The summed E-state index contributed by atoms with van der Waals surface area (Å²) < 4.78 is 0. The number of rotatable bonds is 2. The Morgan fingerprint density at radius 3 is 2.78 bits per heavy atom. The Bertz CT molecular complexity index is 837. The SMILES string of the molecule is C=C[C@@]1(C)CC[C@H]2C(=C1NC)c1c[n-]c3cccc(c13)C2(C)C. The van der Waals surface area contributed by atoms with E-state index in [9.17, 15) is 0 Å². The Hall–Kier alpha value is -1.96. The zero-order valence-electron chi connectivity index (χ0n) is 14.5. The molecule has 0 unspecified atom stereocenters. The maximum absolute atomic E-state index is 4.70. The van der Waals surface area contributed by atoms with Gasteiger partial charge in [-0.15, -0.1) is 12.1 Å². The summed E-state index contributed by atoms with van der Waals surface area (Å²) in [7, 11) is 2.05. The first-order valence-electron chi connectivity index (χ1n) is 8.55. The minimum Gasteiger partial charge on any atom is -0.663 e. The van der Waals surface area contributed by atoms with Crippen molar-refractivity contribution in [3.05, 3.63) is 53.9 Å². The lowest BCUT2D eigenvalue weighted by Crippen LogP contribution is -2.41. The maximum atomic E-state index is 4.70. The Morgan fingerprint density at radius 1 is 1.30 bits per heavy atom. The summed E-state index contributed by atoms with van der Waals surface area (Å²) in [5.41, 5.74) is 6.85. The predicted molar refractivity (Wildman–Crippen MR) is 97.3 cm³/mol. The van der Waals surface area contributed by atoms with Crippen molar-refractivity contribution in [1.29, 1.82) is 0 Å². The van der Waals surface area contributed by atoms with Crippen LogP contribution in [0.2, 0.25) is 0 Å². The summed E-state index contributed by atoms with van der Waals surface area (Å²) in [6.45, 7) is 11.2. The van der Waals surface area contributed by atoms with Crippen molar-refractivity contribution in [2.24, 2.45) is 11.3 Å². The van der Waals surface area contributed by atoms with Gasteiger partial charge >= 0.3 is 0 Å². The summed E-state index contributed by atoms with van der Waals surface area (Å²) in [5.74, 6) is 0.528. The second-order valence-corrected chi connectivity index (χ2v) is 7.84. The van der Waals surface area contributed by atoms with Crippen LogP contribution in [0.1, 0.15) is 44.7 Å². The molecule has 1 N–H and O–H groups in total. The van der Waals surface area contributed by atoms with Crippen molar-refractivity contribution in [1.82, 2.24) is 10.3 Å². The average Bonchev–Trinajstić information content (AvgIpc) is 2.97. The number of nitrogens with zero attached hydrogens (tertiary/aromatic N) is 1. The molecular formula is C21H25N2-. The van der Waals surface area contributed by atoms with Crippen LogP contribution in [0, 0.1) is 11.3 Å². The van der Waals surface area contributed by atoms with Crippen molar-refractivity contribution in [3.8, 4) is 0 Å². The van der Waals surface area contributed by atoms with E-state index in [2.05, 4.69) is 63.1 Å². The maximum Gasteiger partial charge on any atom is 0.0252 e. The van der Waals surface area contributed by atoms with Crippen molar-refractivity contribution >= 4 is 16.5 Å². The van der Waals surface area contributed by atoms with E-state index in [0.29, 0.717) is 5.92 Å². The Labute approximate surface area is 138 Å². The van der Waals surface area contributed by atoms with Crippen molar-refractivity contribution in [3.63, 3.8) is 0 Å². The topological polar surface area (TPSA) is 26.1 Å². The largest absolute Gasteiger partial charge is 0.663 e. The van der Waals surface area contributed by atoms with Crippen LogP contribution >= 0.6 is 0 Å². The predicted octanol–water partition coefficient (Wildman–Crippen LogP) is 4.62. The number of fused-ring (bicyclic) bond motifs is 2. The first-order valence-corrected chi connectivity index (χ1v) is 8.55. The van der Waals surface area contributed by atoms with Crippen molar-refractivity contribution in [2.45, 2.75) is 39.0 Å². The van der Waals surface area contributed by atoms with Crippen molar-refractivity contribution in [2.75, 3.05) is 7.05 Å². The zero-order chi connectivity index (χ0) is 16.4. The van der Waals surface area contributed by atoms with Crippen LogP contribution in [0.3, 0.4) is 0 Å². The van der Waals surface area contributed by atoms with E-state index in [1.807, 2.05) is 7.05 Å². The molecule has 1 aromatic heterocycles. The molecule has 0 aliphatic heterocycles. The van der Waals surface area contributed by atoms with Crippen LogP contribution in [-0.2, 0) is 5.41 Å². The van der Waals surface area contributed by atoms with E-state index in [0.717, 1.165) is 11.9 Å². The van der Waals surface area contributed by atoms with Gasteiger partial charge in [0, 0.05) is 18.2 Å². The lowest BCUT2D eigenvalue weighted by atomic mass is 9.57. The highest BCUT2D eigenvalue weighted by molar-refractivity contribution is 5.99. The molecule has 0 radical (unpaired) electrons. The number of allylic oxidation sites excluding steroid dienone is 2. The van der Waals surface area contributed by atoms with Crippen LogP contribution in [0.4, 0.5) is 0 Å². The number of benzene rings is 1. The summed E-state index contributed by atoms with van der Waals surface area (Å²) in [6, 6.07) is 6.58. The molecule has 1 aromatic carbocycles. The number of nitrogens with one attached hydrogen (secondary N) is 1. The number of hydrogen-bond donors (Lipinski definition) is 1. The minimum atomic E-state index is 0.0204. The van der Waals surface area contributed by atoms with Gasteiger partial charge < -0.3 is 10.3 Å². The summed E-state index contributed by atoms with van der Waals surface area (Å²) >= 11 is 0. The third kappa shape index (κ3) is 1.69. The van der Waals surface area contributed by atoms with Gasteiger partial charge in [0.25, 0.3) is 0 Å². The molecule has 0 bridgehead atoms. The van der Waals surface area contributed by atoms with Crippen LogP contribution in [-0.4, -0.2) is 7.05 Å². The molecule has 120 valence electrons. The molecule has 4 rings (SSSR count). The molecule has 0 saturated carbocycles. The monoisotopic (exact) mass is 305 g/mol. The lowest BCUT2D eigenvalue weighted by Gasteiger charge is -2.49. The molecule has 2 aliphatic rings. The van der Waals surface area contributed by atoms with Gasteiger partial charge in [0.2, 0.25) is 0 Å². The highest BCUT2D eigenvalue weighted by atomic mass is 14.9.